The molecule has 2 heterocycles. The lowest BCUT2D eigenvalue weighted by Crippen LogP contribution is -2.23. The van der Waals surface area contributed by atoms with E-state index in [1.165, 1.54) is 17.5 Å². The normalized spacial score (nSPS) is 17.8. The van der Waals surface area contributed by atoms with Crippen molar-refractivity contribution in [3.8, 4) is 5.75 Å². The molecule has 0 N–H and O–H groups in total. The number of nitrogens with zero attached hydrogens (tertiary/aromatic N) is 3. The molecule has 5 nitrogen and oxygen atoms in total. The average Bonchev–Trinajstić information content (AvgIpc) is 3.01. The quantitative estimate of drug-likeness (QED) is 0.785. The number of amides is 1. The fourth-order valence-electron chi connectivity index (χ4n) is 2.59. The molecule has 1 amide bonds. The van der Waals surface area contributed by atoms with Gasteiger partial charge in [0.15, 0.2) is 5.17 Å². The predicted octanol–water partition coefficient (Wildman–Crippen LogP) is 3.88. The molecule has 1 aliphatic heterocycles. The first-order chi connectivity index (χ1) is 11.9. The minimum Gasteiger partial charge on any atom is -0.497 e. The van der Waals surface area contributed by atoms with E-state index in [0.29, 0.717) is 10.1 Å². The molecule has 0 radical (unpaired) electrons. The van der Waals surface area contributed by atoms with Crippen molar-refractivity contribution < 1.29 is 9.53 Å². The van der Waals surface area contributed by atoms with Gasteiger partial charge in [0.2, 0.25) is 0 Å². The average molecular weight is 355 g/mol. The van der Waals surface area contributed by atoms with E-state index in [0.717, 1.165) is 22.7 Å². The fraction of sp³-hybridized carbons (Fsp3) is 0.263. The van der Waals surface area contributed by atoms with Gasteiger partial charge < -0.3 is 9.30 Å². The number of hydrogen-bond acceptors (Lipinski definition) is 4. The Balaban J connectivity index is 1.89. The number of hydrogen-bond donors (Lipinski definition) is 0. The van der Waals surface area contributed by atoms with Gasteiger partial charge in [-0.25, -0.2) is 4.99 Å². The molecule has 3 rings (SSSR count). The Morgan fingerprint density at radius 3 is 2.40 bits per heavy atom. The van der Waals surface area contributed by atoms with Gasteiger partial charge in [0, 0.05) is 25.5 Å². The summed E-state index contributed by atoms with van der Waals surface area (Å²) in [5.41, 5.74) is 4.16. The summed E-state index contributed by atoms with van der Waals surface area (Å²) in [7, 11) is 5.41. The number of likely N-dealkylation sites (N-methyl/N-ethyl adjacent to an activating group) is 1. The van der Waals surface area contributed by atoms with E-state index in [4.69, 9.17) is 4.74 Å². The Hall–Kier alpha value is -2.47. The summed E-state index contributed by atoms with van der Waals surface area (Å²) in [6.07, 6.45) is 1.95. The van der Waals surface area contributed by atoms with Crippen LogP contribution in [-0.4, -0.2) is 34.7 Å². The van der Waals surface area contributed by atoms with Gasteiger partial charge in [0.25, 0.3) is 5.91 Å². The van der Waals surface area contributed by atoms with Crippen molar-refractivity contribution in [3.05, 3.63) is 52.2 Å². The van der Waals surface area contributed by atoms with E-state index in [2.05, 4.69) is 29.5 Å². The number of carbonyl (C=O) groups is 1. The number of benzene rings is 1. The molecule has 1 saturated heterocycles. The van der Waals surface area contributed by atoms with Crippen molar-refractivity contribution in [1.82, 2.24) is 9.47 Å². The SMILES string of the molecule is COc1ccc(N=C2S/C(=C\c3cc(C)n(C)c3C)C(=O)N2C)cc1. The summed E-state index contributed by atoms with van der Waals surface area (Å²) in [5.74, 6) is 0.751. The Labute approximate surface area is 152 Å². The molecule has 0 unspecified atom stereocenters. The second-order valence-corrected chi connectivity index (χ2v) is 6.96. The van der Waals surface area contributed by atoms with Crippen LogP contribution in [0.15, 0.2) is 40.2 Å². The maximum Gasteiger partial charge on any atom is 0.266 e. The van der Waals surface area contributed by atoms with Gasteiger partial charge in [-0.1, -0.05) is 0 Å². The molecule has 1 aliphatic rings. The predicted molar refractivity (Wildman–Crippen MR) is 103 cm³/mol. The molecule has 0 saturated carbocycles. The Morgan fingerprint density at radius 1 is 1.16 bits per heavy atom. The standard InChI is InChI=1S/C19H21N3O2S/c1-12-10-14(13(2)21(12)3)11-17-18(23)22(4)19(25-17)20-15-6-8-16(24-5)9-7-15/h6-11H,1-5H3/b17-11-,20-19?. The minimum atomic E-state index is -0.0295. The van der Waals surface area contributed by atoms with Crippen molar-refractivity contribution in [2.24, 2.45) is 12.0 Å². The van der Waals surface area contributed by atoms with Gasteiger partial charge in [-0.3, -0.25) is 9.69 Å². The van der Waals surface area contributed by atoms with E-state index < -0.39 is 0 Å². The van der Waals surface area contributed by atoms with Crippen molar-refractivity contribution in [2.75, 3.05) is 14.2 Å². The largest absolute Gasteiger partial charge is 0.497 e. The van der Waals surface area contributed by atoms with Crippen LogP contribution in [0.3, 0.4) is 0 Å². The van der Waals surface area contributed by atoms with Crippen LogP contribution in [0.2, 0.25) is 0 Å². The molecule has 0 atom stereocenters. The molecule has 2 aromatic rings. The third kappa shape index (κ3) is 3.35. The summed E-state index contributed by atoms with van der Waals surface area (Å²) < 4.78 is 7.27. The highest BCUT2D eigenvalue weighted by Crippen LogP contribution is 2.34. The van der Waals surface area contributed by atoms with Crippen LogP contribution in [0.25, 0.3) is 6.08 Å². The highest BCUT2D eigenvalue weighted by atomic mass is 32.2. The molecule has 1 aromatic heterocycles. The summed E-state index contributed by atoms with van der Waals surface area (Å²) >= 11 is 1.40. The number of aromatic nitrogens is 1. The molecule has 6 heteroatoms. The molecule has 130 valence electrons. The van der Waals surface area contributed by atoms with Crippen LogP contribution in [0.1, 0.15) is 17.0 Å². The fourth-order valence-corrected chi connectivity index (χ4v) is 3.57. The molecular weight excluding hydrogens is 334 g/mol. The van der Waals surface area contributed by atoms with E-state index in [9.17, 15) is 4.79 Å². The lowest BCUT2D eigenvalue weighted by Gasteiger charge is -2.07. The van der Waals surface area contributed by atoms with Crippen molar-refractivity contribution >= 4 is 34.6 Å². The van der Waals surface area contributed by atoms with Crippen molar-refractivity contribution in [3.63, 3.8) is 0 Å². The number of aryl methyl sites for hydroxylation is 1. The van der Waals surface area contributed by atoms with Crippen LogP contribution >= 0.6 is 11.8 Å². The molecule has 0 spiro atoms. The highest BCUT2D eigenvalue weighted by Gasteiger charge is 2.30. The lowest BCUT2D eigenvalue weighted by atomic mass is 10.2. The topological polar surface area (TPSA) is 46.8 Å². The third-order valence-electron chi connectivity index (χ3n) is 4.40. The highest BCUT2D eigenvalue weighted by molar-refractivity contribution is 8.18. The number of ether oxygens (including phenoxy) is 1. The van der Waals surface area contributed by atoms with Crippen LogP contribution in [0, 0.1) is 13.8 Å². The zero-order valence-corrected chi connectivity index (χ0v) is 15.8. The summed E-state index contributed by atoms with van der Waals surface area (Å²) in [4.78, 5) is 19.4. The number of amidine groups is 1. The van der Waals surface area contributed by atoms with E-state index in [1.54, 1.807) is 19.1 Å². The Kier molecular flexibility index (Phi) is 4.72. The van der Waals surface area contributed by atoms with Gasteiger partial charge in [-0.2, -0.15) is 0 Å². The molecule has 1 aromatic carbocycles. The second-order valence-electron chi connectivity index (χ2n) is 5.95. The maximum absolute atomic E-state index is 12.5. The van der Waals surface area contributed by atoms with Crippen LogP contribution < -0.4 is 4.74 Å². The van der Waals surface area contributed by atoms with Gasteiger partial charge in [-0.05, 0) is 67.6 Å². The second kappa shape index (κ2) is 6.80. The summed E-state index contributed by atoms with van der Waals surface area (Å²) in [5, 5.41) is 0.673. The zero-order chi connectivity index (χ0) is 18.1. The minimum absolute atomic E-state index is 0.0295. The van der Waals surface area contributed by atoms with Gasteiger partial charge in [-0.15, -0.1) is 0 Å². The summed E-state index contributed by atoms with van der Waals surface area (Å²) in [6.45, 7) is 4.11. The number of carbonyl (C=O) groups excluding carboxylic acids is 1. The lowest BCUT2D eigenvalue weighted by molar-refractivity contribution is -0.121. The Bertz CT molecular complexity index is 879. The van der Waals surface area contributed by atoms with Gasteiger partial charge >= 0.3 is 0 Å². The first-order valence-corrected chi connectivity index (χ1v) is 8.75. The monoisotopic (exact) mass is 355 g/mol. The number of methoxy groups -OCH3 is 1. The van der Waals surface area contributed by atoms with Crippen LogP contribution in [0.5, 0.6) is 5.75 Å². The number of thioether (sulfide) groups is 1. The molecule has 1 fully saturated rings. The van der Waals surface area contributed by atoms with E-state index in [1.807, 2.05) is 37.4 Å². The van der Waals surface area contributed by atoms with Crippen LogP contribution in [0.4, 0.5) is 5.69 Å². The number of rotatable bonds is 3. The third-order valence-corrected chi connectivity index (χ3v) is 5.46. The van der Waals surface area contributed by atoms with Gasteiger partial charge in [0.1, 0.15) is 5.75 Å². The molecule has 0 aliphatic carbocycles. The first kappa shape index (κ1) is 17.4. The molecule has 0 bridgehead atoms. The van der Waals surface area contributed by atoms with Crippen LogP contribution in [-0.2, 0) is 11.8 Å². The van der Waals surface area contributed by atoms with E-state index in [-0.39, 0.29) is 5.91 Å². The summed E-state index contributed by atoms with van der Waals surface area (Å²) in [6, 6.07) is 9.55. The molecular formula is C19H21N3O2S. The number of aliphatic imine (C=N–C) groups is 1. The smallest absolute Gasteiger partial charge is 0.266 e. The molecule has 25 heavy (non-hydrogen) atoms. The van der Waals surface area contributed by atoms with E-state index >= 15 is 0 Å². The zero-order valence-electron chi connectivity index (χ0n) is 15.0. The van der Waals surface area contributed by atoms with Crippen molar-refractivity contribution in [1.29, 1.82) is 0 Å². The first-order valence-electron chi connectivity index (χ1n) is 7.94. The van der Waals surface area contributed by atoms with Crippen molar-refractivity contribution in [2.45, 2.75) is 13.8 Å². The Morgan fingerprint density at radius 2 is 1.84 bits per heavy atom. The van der Waals surface area contributed by atoms with Gasteiger partial charge in [0.05, 0.1) is 17.7 Å². The maximum atomic E-state index is 12.5.